The van der Waals surface area contributed by atoms with Crippen LogP contribution >= 0.6 is 0 Å². The third-order valence-corrected chi connectivity index (χ3v) is 1.65. The van der Waals surface area contributed by atoms with Gasteiger partial charge in [0.25, 0.3) is 0 Å². The summed E-state index contributed by atoms with van der Waals surface area (Å²) >= 11 is 0. The van der Waals surface area contributed by atoms with E-state index in [9.17, 15) is 5.11 Å². The van der Waals surface area contributed by atoms with Gasteiger partial charge in [-0.3, -0.25) is 4.98 Å². The third-order valence-electron chi connectivity index (χ3n) is 1.65. The summed E-state index contributed by atoms with van der Waals surface area (Å²) in [5.41, 5.74) is 6.46. The van der Waals surface area contributed by atoms with E-state index >= 15 is 0 Å². The summed E-state index contributed by atoms with van der Waals surface area (Å²) in [5, 5.41) is 9.33. The Kier molecular flexibility index (Phi) is 2.82. The molecule has 0 amide bonds. The second-order valence-electron chi connectivity index (χ2n) is 2.57. The third kappa shape index (κ3) is 1.83. The first kappa shape index (κ1) is 8.74. The molecule has 1 atom stereocenters. The van der Waals surface area contributed by atoms with Crippen LogP contribution in [0, 0.1) is 0 Å². The molecule has 1 rings (SSSR count). The molecule has 1 heterocycles. The molecule has 0 aromatic carbocycles. The molecule has 3 heteroatoms. The highest BCUT2D eigenvalue weighted by Gasteiger charge is 2.07. The predicted molar refractivity (Wildman–Crippen MR) is 47.6 cm³/mol. The Morgan fingerprint density at radius 1 is 1.75 bits per heavy atom. The van der Waals surface area contributed by atoms with E-state index in [0.717, 1.165) is 0 Å². The first-order valence-electron chi connectivity index (χ1n) is 3.75. The molecule has 0 spiro atoms. The van der Waals surface area contributed by atoms with Gasteiger partial charge in [0.05, 0.1) is 6.20 Å². The van der Waals surface area contributed by atoms with Crippen LogP contribution < -0.4 is 5.73 Å². The molecule has 0 saturated heterocycles. The second kappa shape index (κ2) is 3.88. The van der Waals surface area contributed by atoms with Gasteiger partial charge in [-0.05, 0) is 12.5 Å². The van der Waals surface area contributed by atoms with Gasteiger partial charge in [-0.1, -0.05) is 6.08 Å². The summed E-state index contributed by atoms with van der Waals surface area (Å²) in [6.07, 6.45) is 5.37. The Morgan fingerprint density at radius 2 is 2.50 bits per heavy atom. The van der Waals surface area contributed by atoms with Crippen molar-refractivity contribution in [3.05, 3.63) is 36.7 Å². The molecule has 64 valence electrons. The van der Waals surface area contributed by atoms with E-state index in [0.29, 0.717) is 12.0 Å². The lowest BCUT2D eigenvalue weighted by Gasteiger charge is -2.09. The molecular weight excluding hydrogens is 152 g/mol. The van der Waals surface area contributed by atoms with Crippen LogP contribution in [-0.4, -0.2) is 10.1 Å². The molecule has 3 N–H and O–H groups in total. The summed E-state index contributed by atoms with van der Waals surface area (Å²) in [6, 6.07) is 1.52. The number of rotatable bonds is 3. The van der Waals surface area contributed by atoms with Crippen LogP contribution in [0.1, 0.15) is 18.0 Å². The van der Waals surface area contributed by atoms with Gasteiger partial charge in [0.2, 0.25) is 0 Å². The van der Waals surface area contributed by atoms with Gasteiger partial charge in [-0.15, -0.1) is 6.58 Å². The maximum atomic E-state index is 9.33. The molecule has 0 aliphatic rings. The Balaban J connectivity index is 2.86. The largest absolute Gasteiger partial charge is 0.506 e. The van der Waals surface area contributed by atoms with Gasteiger partial charge in [0, 0.05) is 17.8 Å². The summed E-state index contributed by atoms with van der Waals surface area (Å²) in [5.74, 6) is 0.145. The fourth-order valence-electron chi connectivity index (χ4n) is 1.02. The first-order valence-corrected chi connectivity index (χ1v) is 3.75. The molecule has 1 aromatic heterocycles. The molecule has 0 radical (unpaired) electrons. The number of pyridine rings is 1. The maximum absolute atomic E-state index is 9.33. The van der Waals surface area contributed by atoms with E-state index in [1.165, 1.54) is 6.20 Å². The van der Waals surface area contributed by atoms with Crippen LogP contribution in [0.15, 0.2) is 31.1 Å². The number of aromatic hydroxyl groups is 1. The molecule has 0 fully saturated rings. The fourth-order valence-corrected chi connectivity index (χ4v) is 1.02. The maximum Gasteiger partial charge on any atom is 0.138 e. The Morgan fingerprint density at radius 3 is 3.08 bits per heavy atom. The smallest absolute Gasteiger partial charge is 0.138 e. The average Bonchev–Trinajstić information content (AvgIpc) is 2.05. The SMILES string of the molecule is C=CC[C@H](N)c1ccncc1O. The Hall–Kier alpha value is -1.35. The van der Waals surface area contributed by atoms with Gasteiger partial charge in [-0.25, -0.2) is 0 Å². The first-order chi connectivity index (χ1) is 5.75. The highest BCUT2D eigenvalue weighted by atomic mass is 16.3. The molecule has 0 aliphatic heterocycles. The van der Waals surface area contributed by atoms with E-state index in [2.05, 4.69) is 11.6 Å². The van der Waals surface area contributed by atoms with E-state index in [1.54, 1.807) is 18.3 Å². The Bertz CT molecular complexity index is 273. The van der Waals surface area contributed by atoms with Crippen molar-refractivity contribution in [1.29, 1.82) is 0 Å². The summed E-state index contributed by atoms with van der Waals surface area (Å²) in [7, 11) is 0. The van der Waals surface area contributed by atoms with Crippen LogP contribution in [0.3, 0.4) is 0 Å². The van der Waals surface area contributed by atoms with E-state index < -0.39 is 0 Å². The average molecular weight is 164 g/mol. The number of nitrogens with two attached hydrogens (primary N) is 1. The fraction of sp³-hybridized carbons (Fsp3) is 0.222. The molecule has 0 bridgehead atoms. The van der Waals surface area contributed by atoms with E-state index in [4.69, 9.17) is 5.73 Å². The Labute approximate surface area is 71.6 Å². The van der Waals surface area contributed by atoms with Crippen molar-refractivity contribution >= 4 is 0 Å². The molecule has 0 saturated carbocycles. The lowest BCUT2D eigenvalue weighted by molar-refractivity contribution is 0.459. The summed E-state index contributed by atoms with van der Waals surface area (Å²) in [6.45, 7) is 3.58. The van der Waals surface area contributed by atoms with Crippen molar-refractivity contribution in [2.24, 2.45) is 5.73 Å². The van der Waals surface area contributed by atoms with Crippen molar-refractivity contribution in [2.75, 3.05) is 0 Å². The van der Waals surface area contributed by atoms with Crippen LogP contribution in [0.5, 0.6) is 5.75 Å². The van der Waals surface area contributed by atoms with Gasteiger partial charge in [0.15, 0.2) is 0 Å². The number of nitrogens with zero attached hydrogens (tertiary/aromatic N) is 1. The van der Waals surface area contributed by atoms with Gasteiger partial charge < -0.3 is 10.8 Å². The number of hydrogen-bond donors (Lipinski definition) is 2. The normalized spacial score (nSPS) is 12.4. The minimum atomic E-state index is -0.189. The lowest BCUT2D eigenvalue weighted by atomic mass is 10.1. The highest BCUT2D eigenvalue weighted by molar-refractivity contribution is 5.31. The highest BCUT2D eigenvalue weighted by Crippen LogP contribution is 2.22. The van der Waals surface area contributed by atoms with Crippen LogP contribution in [0.25, 0.3) is 0 Å². The van der Waals surface area contributed by atoms with Gasteiger partial charge >= 0.3 is 0 Å². The quantitative estimate of drug-likeness (QED) is 0.663. The molecule has 3 nitrogen and oxygen atoms in total. The van der Waals surface area contributed by atoms with Crippen LogP contribution in [-0.2, 0) is 0 Å². The molecular formula is C9H12N2O. The van der Waals surface area contributed by atoms with Crippen molar-refractivity contribution in [1.82, 2.24) is 4.98 Å². The molecule has 1 aromatic rings. The minimum Gasteiger partial charge on any atom is -0.506 e. The van der Waals surface area contributed by atoms with E-state index in [1.807, 2.05) is 0 Å². The van der Waals surface area contributed by atoms with Crippen LogP contribution in [0.4, 0.5) is 0 Å². The summed E-state index contributed by atoms with van der Waals surface area (Å²) < 4.78 is 0. The molecule has 0 aliphatic carbocycles. The predicted octanol–water partition coefficient (Wildman–Crippen LogP) is 1.36. The number of aromatic nitrogens is 1. The van der Waals surface area contributed by atoms with Crippen molar-refractivity contribution in [3.8, 4) is 5.75 Å². The zero-order valence-electron chi connectivity index (χ0n) is 6.77. The molecule has 12 heavy (non-hydrogen) atoms. The summed E-state index contributed by atoms with van der Waals surface area (Å²) in [4.78, 5) is 3.76. The lowest BCUT2D eigenvalue weighted by Crippen LogP contribution is -2.09. The van der Waals surface area contributed by atoms with Crippen molar-refractivity contribution < 1.29 is 5.11 Å². The van der Waals surface area contributed by atoms with Crippen LogP contribution in [0.2, 0.25) is 0 Å². The van der Waals surface area contributed by atoms with Gasteiger partial charge in [0.1, 0.15) is 5.75 Å². The molecule has 0 unspecified atom stereocenters. The topological polar surface area (TPSA) is 59.1 Å². The zero-order chi connectivity index (χ0) is 8.97. The number of hydrogen-bond acceptors (Lipinski definition) is 3. The van der Waals surface area contributed by atoms with E-state index in [-0.39, 0.29) is 11.8 Å². The van der Waals surface area contributed by atoms with Crippen molar-refractivity contribution in [3.63, 3.8) is 0 Å². The van der Waals surface area contributed by atoms with Gasteiger partial charge in [-0.2, -0.15) is 0 Å². The zero-order valence-corrected chi connectivity index (χ0v) is 6.77. The second-order valence-corrected chi connectivity index (χ2v) is 2.57. The minimum absolute atomic E-state index is 0.145. The van der Waals surface area contributed by atoms with Crippen molar-refractivity contribution in [2.45, 2.75) is 12.5 Å². The monoisotopic (exact) mass is 164 g/mol. The standard InChI is InChI=1S/C9H12N2O/c1-2-3-8(10)7-4-5-11-6-9(7)12/h2,4-6,8,12H,1,3,10H2/t8-/m0/s1.